The number of hydrogen-bond donors (Lipinski definition) is 2. The van der Waals surface area contributed by atoms with Crippen LogP contribution in [0.25, 0.3) is 0 Å². The maximum absolute atomic E-state index is 10.1. The quantitative estimate of drug-likeness (QED) is 0.513. The number of unbranched alkanes of at least 4 members (excludes halogenated alkanes) is 4. The molecule has 0 amide bonds. The van der Waals surface area contributed by atoms with Crippen molar-refractivity contribution < 1.29 is 10.2 Å². The molecule has 0 aromatic rings. The van der Waals surface area contributed by atoms with Crippen LogP contribution in [0.5, 0.6) is 0 Å². The molecule has 0 aromatic heterocycles. The summed E-state index contributed by atoms with van der Waals surface area (Å²) in [4.78, 5) is 0. The lowest BCUT2D eigenvalue weighted by molar-refractivity contribution is 0.0970. The summed E-state index contributed by atoms with van der Waals surface area (Å²) >= 11 is 0. The molecule has 0 aromatic carbocycles. The third kappa shape index (κ3) is 9.50. The summed E-state index contributed by atoms with van der Waals surface area (Å²) in [7, 11) is 0. The van der Waals surface area contributed by atoms with Gasteiger partial charge in [-0.25, -0.2) is 0 Å². The molecule has 0 fully saturated rings. The van der Waals surface area contributed by atoms with Crippen molar-refractivity contribution in [1.29, 1.82) is 0 Å². The van der Waals surface area contributed by atoms with Gasteiger partial charge in [0.1, 0.15) is 11.2 Å². The highest BCUT2D eigenvalue weighted by molar-refractivity contribution is 5.19. The first-order valence-electron chi connectivity index (χ1n) is 7.32. The van der Waals surface area contributed by atoms with Crippen LogP contribution >= 0.6 is 0 Å². The molecule has 0 heterocycles. The Bertz CT molecular complexity index is 243. The predicted octanol–water partition coefficient (Wildman–Crippen LogP) is 3.65. The van der Waals surface area contributed by atoms with Crippen molar-refractivity contribution >= 4 is 0 Å². The summed E-state index contributed by atoms with van der Waals surface area (Å²) in [6.45, 7) is 7.74. The molecule has 0 aliphatic rings. The standard InChI is InChI=1S/C16H30O2/c1-5-7-9-11-15(3,17)13-14-16(4,18)12-10-8-6-2/h17-18H,5-12H2,1-4H3/t15-,16-/m1/s1. The maximum Gasteiger partial charge on any atom is 0.122 e. The summed E-state index contributed by atoms with van der Waals surface area (Å²) in [5.74, 6) is 5.68. The van der Waals surface area contributed by atoms with E-state index in [0.29, 0.717) is 12.8 Å². The second-order valence-corrected chi connectivity index (χ2v) is 5.71. The molecule has 2 nitrogen and oxygen atoms in total. The summed E-state index contributed by atoms with van der Waals surface area (Å²) in [6, 6.07) is 0. The summed E-state index contributed by atoms with van der Waals surface area (Å²) < 4.78 is 0. The molecule has 0 unspecified atom stereocenters. The Balaban J connectivity index is 4.24. The van der Waals surface area contributed by atoms with E-state index in [9.17, 15) is 10.2 Å². The molecule has 0 bridgehead atoms. The second-order valence-electron chi connectivity index (χ2n) is 5.71. The molecule has 2 atom stereocenters. The molecule has 0 aliphatic heterocycles. The minimum Gasteiger partial charge on any atom is -0.378 e. The largest absolute Gasteiger partial charge is 0.378 e. The Hall–Kier alpha value is -0.520. The van der Waals surface area contributed by atoms with Crippen molar-refractivity contribution in [3.8, 4) is 11.8 Å². The van der Waals surface area contributed by atoms with Crippen LogP contribution in [-0.4, -0.2) is 21.4 Å². The number of hydrogen-bond acceptors (Lipinski definition) is 2. The minimum atomic E-state index is -0.968. The molecule has 106 valence electrons. The van der Waals surface area contributed by atoms with E-state index in [2.05, 4.69) is 25.7 Å². The fourth-order valence-corrected chi connectivity index (χ4v) is 1.83. The van der Waals surface area contributed by atoms with Crippen LogP contribution < -0.4 is 0 Å². The van der Waals surface area contributed by atoms with Gasteiger partial charge in [0.25, 0.3) is 0 Å². The van der Waals surface area contributed by atoms with E-state index < -0.39 is 11.2 Å². The maximum atomic E-state index is 10.1. The third-order valence-corrected chi connectivity index (χ3v) is 3.14. The van der Waals surface area contributed by atoms with Crippen LogP contribution in [0.2, 0.25) is 0 Å². The monoisotopic (exact) mass is 254 g/mol. The fourth-order valence-electron chi connectivity index (χ4n) is 1.83. The van der Waals surface area contributed by atoms with E-state index in [1.807, 2.05) is 0 Å². The van der Waals surface area contributed by atoms with Crippen molar-refractivity contribution in [3.05, 3.63) is 0 Å². The van der Waals surface area contributed by atoms with Gasteiger partial charge in [-0.1, -0.05) is 51.4 Å². The topological polar surface area (TPSA) is 40.5 Å². The van der Waals surface area contributed by atoms with Crippen LogP contribution in [0, 0.1) is 11.8 Å². The van der Waals surface area contributed by atoms with Gasteiger partial charge in [0, 0.05) is 0 Å². The van der Waals surface area contributed by atoms with Gasteiger partial charge in [0.2, 0.25) is 0 Å². The van der Waals surface area contributed by atoms with Crippen LogP contribution in [-0.2, 0) is 0 Å². The lowest BCUT2D eigenvalue weighted by Gasteiger charge is -2.19. The molecule has 2 heteroatoms. The Morgan fingerprint density at radius 1 is 0.722 bits per heavy atom. The third-order valence-electron chi connectivity index (χ3n) is 3.14. The van der Waals surface area contributed by atoms with E-state index in [0.717, 1.165) is 38.5 Å². The van der Waals surface area contributed by atoms with E-state index in [1.165, 1.54) is 0 Å². The van der Waals surface area contributed by atoms with Crippen LogP contribution in [0.3, 0.4) is 0 Å². The zero-order valence-electron chi connectivity index (χ0n) is 12.6. The fraction of sp³-hybridized carbons (Fsp3) is 0.875. The van der Waals surface area contributed by atoms with Gasteiger partial charge >= 0.3 is 0 Å². The molecular formula is C16H30O2. The average Bonchev–Trinajstić information content (AvgIpc) is 2.27. The first-order chi connectivity index (χ1) is 8.33. The van der Waals surface area contributed by atoms with Crippen LogP contribution in [0.1, 0.15) is 79.1 Å². The lowest BCUT2D eigenvalue weighted by Crippen LogP contribution is -2.26. The Morgan fingerprint density at radius 2 is 1.06 bits per heavy atom. The molecule has 0 radical (unpaired) electrons. The van der Waals surface area contributed by atoms with Crippen LogP contribution in [0.15, 0.2) is 0 Å². The van der Waals surface area contributed by atoms with Crippen molar-refractivity contribution in [2.75, 3.05) is 0 Å². The van der Waals surface area contributed by atoms with Gasteiger partial charge in [-0.05, 0) is 39.5 Å². The Labute approximate surface area is 113 Å². The number of aliphatic hydroxyl groups is 2. The summed E-state index contributed by atoms with van der Waals surface area (Å²) in [5.41, 5.74) is -1.94. The van der Waals surface area contributed by atoms with E-state index in [4.69, 9.17) is 0 Å². The summed E-state index contributed by atoms with van der Waals surface area (Å²) in [6.07, 6.45) is 7.83. The molecule has 0 saturated heterocycles. The molecule has 0 spiro atoms. The summed E-state index contributed by atoms with van der Waals surface area (Å²) in [5, 5.41) is 20.2. The van der Waals surface area contributed by atoms with Gasteiger partial charge in [0.05, 0.1) is 0 Å². The van der Waals surface area contributed by atoms with Gasteiger partial charge in [0.15, 0.2) is 0 Å². The predicted molar refractivity (Wildman–Crippen MR) is 77.3 cm³/mol. The highest BCUT2D eigenvalue weighted by Gasteiger charge is 2.20. The normalized spacial score (nSPS) is 17.4. The Kier molecular flexibility index (Phi) is 8.31. The highest BCUT2D eigenvalue weighted by atomic mass is 16.3. The first kappa shape index (κ1) is 17.5. The Morgan fingerprint density at radius 3 is 1.33 bits per heavy atom. The highest BCUT2D eigenvalue weighted by Crippen LogP contribution is 2.17. The molecular weight excluding hydrogens is 224 g/mol. The van der Waals surface area contributed by atoms with Crippen molar-refractivity contribution in [3.63, 3.8) is 0 Å². The number of rotatable bonds is 8. The smallest absolute Gasteiger partial charge is 0.122 e. The van der Waals surface area contributed by atoms with Gasteiger partial charge in [-0.2, -0.15) is 0 Å². The van der Waals surface area contributed by atoms with Crippen molar-refractivity contribution in [2.45, 2.75) is 90.3 Å². The molecule has 0 saturated carbocycles. The first-order valence-corrected chi connectivity index (χ1v) is 7.32. The lowest BCUT2D eigenvalue weighted by atomic mass is 9.94. The average molecular weight is 254 g/mol. The van der Waals surface area contributed by atoms with E-state index >= 15 is 0 Å². The second kappa shape index (κ2) is 8.56. The zero-order chi connectivity index (χ0) is 14.1. The molecule has 0 aliphatic carbocycles. The molecule has 0 rings (SSSR count). The molecule has 18 heavy (non-hydrogen) atoms. The van der Waals surface area contributed by atoms with Crippen molar-refractivity contribution in [1.82, 2.24) is 0 Å². The SMILES string of the molecule is CCCCC[C@@](C)(O)C#C[C@](C)(O)CCCCC. The molecule has 2 N–H and O–H groups in total. The minimum absolute atomic E-state index is 0.679. The van der Waals surface area contributed by atoms with E-state index in [-0.39, 0.29) is 0 Å². The van der Waals surface area contributed by atoms with Crippen molar-refractivity contribution in [2.24, 2.45) is 0 Å². The zero-order valence-corrected chi connectivity index (χ0v) is 12.6. The van der Waals surface area contributed by atoms with Crippen LogP contribution in [0.4, 0.5) is 0 Å². The van der Waals surface area contributed by atoms with Gasteiger partial charge in [-0.15, -0.1) is 0 Å². The van der Waals surface area contributed by atoms with Gasteiger partial charge in [-0.3, -0.25) is 0 Å². The van der Waals surface area contributed by atoms with E-state index in [1.54, 1.807) is 13.8 Å². The van der Waals surface area contributed by atoms with Gasteiger partial charge < -0.3 is 10.2 Å².